The first-order valence-electron chi connectivity index (χ1n) is 10.3. The number of fused-ring (bicyclic) bond motifs is 2. The fraction of sp³-hybridized carbons (Fsp3) is 0.120. The Hall–Kier alpha value is -3.91. The van der Waals surface area contributed by atoms with Crippen LogP contribution in [0.4, 0.5) is 11.4 Å². The summed E-state index contributed by atoms with van der Waals surface area (Å²) in [5.74, 6) is 0.619. The van der Waals surface area contributed by atoms with Crippen molar-refractivity contribution in [2.24, 2.45) is 0 Å². The first kappa shape index (κ1) is 21.0. The summed E-state index contributed by atoms with van der Waals surface area (Å²) in [5.41, 5.74) is 4.64. The lowest BCUT2D eigenvalue weighted by molar-refractivity contribution is -0.114. The van der Waals surface area contributed by atoms with Gasteiger partial charge in [-0.05, 0) is 55.0 Å². The van der Waals surface area contributed by atoms with E-state index < -0.39 is 0 Å². The van der Waals surface area contributed by atoms with Gasteiger partial charge in [0, 0.05) is 40.6 Å². The number of aryl methyl sites for hydroxylation is 1. The van der Waals surface area contributed by atoms with Crippen molar-refractivity contribution in [2.75, 3.05) is 17.3 Å². The number of carbonyl (C=O) groups is 2. The van der Waals surface area contributed by atoms with Crippen LogP contribution in [-0.4, -0.2) is 29.0 Å². The molecule has 8 heteroatoms. The summed E-state index contributed by atoms with van der Waals surface area (Å²) in [6.45, 7) is 3.39. The highest BCUT2D eigenvalue weighted by molar-refractivity contribution is 7.99. The number of hydrogen-bond acceptors (Lipinski definition) is 6. The Morgan fingerprint density at radius 3 is 2.64 bits per heavy atom. The molecule has 0 saturated carbocycles. The molecule has 2 heterocycles. The SMILES string of the molecule is CC(=O)Nc1cc(-c2nc(-c3ccc4c(c3)Sc3ccccc3C(=O)N4C)no2)ccc1C. The number of nitrogens with one attached hydrogen (secondary N) is 1. The Balaban J connectivity index is 1.50. The summed E-state index contributed by atoms with van der Waals surface area (Å²) in [6, 6.07) is 18.9. The van der Waals surface area contributed by atoms with Crippen molar-refractivity contribution >= 4 is 35.0 Å². The Kier molecular flexibility index (Phi) is 5.22. The van der Waals surface area contributed by atoms with E-state index >= 15 is 0 Å². The van der Waals surface area contributed by atoms with Crippen LogP contribution in [0.2, 0.25) is 0 Å². The van der Waals surface area contributed by atoms with Gasteiger partial charge in [0.25, 0.3) is 11.8 Å². The Bertz CT molecular complexity index is 1410. The van der Waals surface area contributed by atoms with Crippen LogP contribution in [0.15, 0.2) is 75.0 Å². The van der Waals surface area contributed by atoms with E-state index in [1.54, 1.807) is 23.7 Å². The first-order valence-corrected chi connectivity index (χ1v) is 11.1. The maximum absolute atomic E-state index is 12.9. The molecule has 1 aliphatic heterocycles. The third kappa shape index (κ3) is 3.89. The summed E-state index contributed by atoms with van der Waals surface area (Å²) in [7, 11) is 1.78. The number of hydrogen-bond donors (Lipinski definition) is 1. The van der Waals surface area contributed by atoms with Gasteiger partial charge in [0.05, 0.1) is 11.3 Å². The van der Waals surface area contributed by atoms with Gasteiger partial charge in [-0.25, -0.2) is 0 Å². The summed E-state index contributed by atoms with van der Waals surface area (Å²) >= 11 is 1.54. The second-order valence-corrected chi connectivity index (χ2v) is 8.86. The van der Waals surface area contributed by atoms with E-state index in [-0.39, 0.29) is 11.8 Å². The zero-order valence-electron chi connectivity index (χ0n) is 18.2. The van der Waals surface area contributed by atoms with Crippen molar-refractivity contribution in [2.45, 2.75) is 23.6 Å². The van der Waals surface area contributed by atoms with Crippen molar-refractivity contribution in [3.63, 3.8) is 0 Å². The van der Waals surface area contributed by atoms with E-state index in [1.807, 2.05) is 67.6 Å². The summed E-state index contributed by atoms with van der Waals surface area (Å²) in [6.07, 6.45) is 0. The monoisotopic (exact) mass is 456 g/mol. The van der Waals surface area contributed by atoms with E-state index in [9.17, 15) is 9.59 Å². The van der Waals surface area contributed by atoms with Gasteiger partial charge >= 0.3 is 0 Å². The van der Waals surface area contributed by atoms with Crippen LogP contribution < -0.4 is 10.2 Å². The minimum Gasteiger partial charge on any atom is -0.334 e. The van der Waals surface area contributed by atoms with Crippen LogP contribution in [-0.2, 0) is 4.79 Å². The fourth-order valence-corrected chi connectivity index (χ4v) is 4.83. The molecular formula is C25H20N4O3S. The molecule has 33 heavy (non-hydrogen) atoms. The van der Waals surface area contributed by atoms with Crippen LogP contribution in [0.1, 0.15) is 22.8 Å². The predicted octanol–water partition coefficient (Wildman–Crippen LogP) is 5.41. The topological polar surface area (TPSA) is 88.3 Å². The minimum atomic E-state index is -0.144. The fourth-order valence-electron chi connectivity index (χ4n) is 3.69. The van der Waals surface area contributed by atoms with Crippen molar-refractivity contribution < 1.29 is 14.1 Å². The number of amides is 2. The van der Waals surface area contributed by atoms with E-state index in [4.69, 9.17) is 4.52 Å². The third-order valence-corrected chi connectivity index (χ3v) is 6.57. The zero-order valence-corrected chi connectivity index (χ0v) is 19.1. The van der Waals surface area contributed by atoms with Crippen LogP contribution in [0.3, 0.4) is 0 Å². The number of nitrogens with zero attached hydrogens (tertiary/aromatic N) is 3. The lowest BCUT2D eigenvalue weighted by Crippen LogP contribution is -2.25. The zero-order chi connectivity index (χ0) is 23.1. The van der Waals surface area contributed by atoms with Gasteiger partial charge in [-0.1, -0.05) is 35.1 Å². The maximum Gasteiger partial charge on any atom is 0.259 e. The van der Waals surface area contributed by atoms with Crippen LogP contribution in [0.25, 0.3) is 22.8 Å². The maximum atomic E-state index is 12.9. The quantitative estimate of drug-likeness (QED) is 0.443. The van der Waals surface area contributed by atoms with Crippen LogP contribution >= 0.6 is 11.8 Å². The first-order chi connectivity index (χ1) is 15.9. The largest absolute Gasteiger partial charge is 0.334 e. The minimum absolute atomic E-state index is 0.0409. The van der Waals surface area contributed by atoms with Crippen molar-refractivity contribution in [1.82, 2.24) is 10.1 Å². The molecule has 1 N–H and O–H groups in total. The van der Waals surface area contributed by atoms with Crippen molar-refractivity contribution in [3.8, 4) is 22.8 Å². The molecule has 164 valence electrons. The average Bonchev–Trinajstić information content (AvgIpc) is 3.26. The van der Waals surface area contributed by atoms with E-state index in [2.05, 4.69) is 15.5 Å². The lowest BCUT2D eigenvalue weighted by atomic mass is 10.1. The molecule has 7 nitrogen and oxygen atoms in total. The molecule has 0 unspecified atom stereocenters. The van der Waals surface area contributed by atoms with E-state index in [0.717, 1.165) is 26.6 Å². The number of aromatic nitrogens is 2. The summed E-state index contributed by atoms with van der Waals surface area (Å²) < 4.78 is 5.52. The summed E-state index contributed by atoms with van der Waals surface area (Å²) in [5, 5.41) is 6.98. The molecule has 4 aromatic rings. The number of carbonyl (C=O) groups excluding carboxylic acids is 2. The van der Waals surface area contributed by atoms with Gasteiger partial charge in [-0.15, -0.1) is 0 Å². The molecule has 0 atom stereocenters. The molecular weight excluding hydrogens is 436 g/mol. The number of anilines is 2. The molecule has 0 radical (unpaired) electrons. The molecule has 3 aromatic carbocycles. The number of rotatable bonds is 3. The van der Waals surface area contributed by atoms with E-state index in [1.165, 1.54) is 6.92 Å². The highest BCUT2D eigenvalue weighted by Crippen LogP contribution is 2.42. The average molecular weight is 457 g/mol. The van der Waals surface area contributed by atoms with Crippen molar-refractivity contribution in [3.05, 3.63) is 71.8 Å². The van der Waals surface area contributed by atoms with Gasteiger partial charge in [-0.3, -0.25) is 9.59 Å². The molecule has 0 saturated heterocycles. The van der Waals surface area contributed by atoms with Gasteiger partial charge in [0.15, 0.2) is 0 Å². The Morgan fingerprint density at radius 1 is 1.03 bits per heavy atom. The molecule has 1 aliphatic rings. The van der Waals surface area contributed by atoms with Gasteiger partial charge in [0.2, 0.25) is 11.7 Å². The van der Waals surface area contributed by atoms with Crippen LogP contribution in [0.5, 0.6) is 0 Å². The van der Waals surface area contributed by atoms with E-state index in [0.29, 0.717) is 28.5 Å². The third-order valence-electron chi connectivity index (χ3n) is 5.44. The molecule has 1 aromatic heterocycles. The lowest BCUT2D eigenvalue weighted by Gasteiger charge is -2.17. The highest BCUT2D eigenvalue weighted by atomic mass is 32.2. The Labute approximate surface area is 194 Å². The van der Waals surface area contributed by atoms with Gasteiger partial charge < -0.3 is 14.7 Å². The smallest absolute Gasteiger partial charge is 0.259 e. The molecule has 0 bridgehead atoms. The molecule has 2 amide bonds. The predicted molar refractivity (Wildman–Crippen MR) is 128 cm³/mol. The van der Waals surface area contributed by atoms with Crippen molar-refractivity contribution in [1.29, 1.82) is 0 Å². The standard InChI is InChI=1S/C25H20N4O3S/c1-14-8-9-17(12-19(14)26-15(2)30)24-27-23(28-32-24)16-10-11-20-22(13-16)33-21-7-5-4-6-18(21)25(31)29(20)3/h4-13H,1-3H3,(H,26,30). The summed E-state index contributed by atoms with van der Waals surface area (Å²) in [4.78, 5) is 32.4. The molecule has 5 rings (SSSR count). The van der Waals surface area contributed by atoms with Gasteiger partial charge in [0.1, 0.15) is 0 Å². The normalized spacial score (nSPS) is 12.7. The second-order valence-electron chi connectivity index (χ2n) is 7.78. The van der Waals surface area contributed by atoms with Gasteiger partial charge in [-0.2, -0.15) is 4.98 Å². The molecule has 0 spiro atoms. The molecule has 0 aliphatic carbocycles. The molecule has 0 fully saturated rings. The Morgan fingerprint density at radius 2 is 1.82 bits per heavy atom. The second kappa shape index (κ2) is 8.22. The number of benzene rings is 3. The van der Waals surface area contributed by atoms with Crippen LogP contribution in [0, 0.1) is 6.92 Å². The highest BCUT2D eigenvalue weighted by Gasteiger charge is 2.25.